The average Bonchev–Trinajstić information content (AvgIpc) is 3.06. The number of halogens is 2. The third-order valence-corrected chi connectivity index (χ3v) is 3.45. The van der Waals surface area contributed by atoms with Gasteiger partial charge in [0.1, 0.15) is 0 Å². The van der Waals surface area contributed by atoms with Gasteiger partial charge in [0.2, 0.25) is 6.10 Å². The summed E-state index contributed by atoms with van der Waals surface area (Å²) in [5.74, 6) is -1.50. The summed E-state index contributed by atoms with van der Waals surface area (Å²) in [6.45, 7) is -0.250. The van der Waals surface area contributed by atoms with Crippen molar-refractivity contribution in [3.63, 3.8) is 0 Å². The number of methoxy groups -OCH3 is 1. The fourth-order valence-electron chi connectivity index (χ4n) is 1.78. The van der Waals surface area contributed by atoms with Crippen LogP contribution in [-0.4, -0.2) is 36.6 Å². The van der Waals surface area contributed by atoms with Gasteiger partial charge in [-0.25, -0.2) is 0 Å². The topological polar surface area (TPSA) is 119 Å². The van der Waals surface area contributed by atoms with E-state index in [-0.39, 0.29) is 6.47 Å². The Morgan fingerprint density at radius 1 is 1.36 bits per heavy atom. The van der Waals surface area contributed by atoms with E-state index in [1.54, 1.807) is 12.1 Å². The number of benzene rings is 1. The number of carbonyl (C=O) groups is 3. The second-order valence-corrected chi connectivity index (χ2v) is 6.03. The Kier molecular flexibility index (Phi) is 12.4. The van der Waals surface area contributed by atoms with E-state index < -0.39 is 17.9 Å². The average molecular weight is 436 g/mol. The third-order valence-electron chi connectivity index (χ3n) is 2.77. The Morgan fingerprint density at radius 2 is 1.92 bits per heavy atom. The van der Waals surface area contributed by atoms with Crippen molar-refractivity contribution >= 4 is 51.5 Å². The first-order valence-corrected chi connectivity index (χ1v) is 8.34. The second kappa shape index (κ2) is 13.4. The zero-order valence-corrected chi connectivity index (χ0v) is 15.9. The molecule has 25 heavy (non-hydrogen) atoms. The summed E-state index contributed by atoms with van der Waals surface area (Å²) in [5.41, 5.74) is 5.44. The Morgan fingerprint density at radius 3 is 2.28 bits per heavy atom. The molecule has 1 aromatic rings. The van der Waals surface area contributed by atoms with Crippen molar-refractivity contribution in [1.29, 1.82) is 0 Å². The van der Waals surface area contributed by atoms with Gasteiger partial charge < -0.3 is 20.9 Å². The maximum Gasteiger partial charge on any atom is 0.290 e. The van der Waals surface area contributed by atoms with Crippen molar-refractivity contribution in [3.8, 4) is 0 Å². The summed E-state index contributed by atoms with van der Waals surface area (Å²) in [6, 6.07) is 4.84. The van der Waals surface area contributed by atoms with Crippen LogP contribution in [0.2, 0.25) is 5.02 Å². The molecule has 9 heteroatoms. The molecule has 0 fully saturated rings. The number of anilines is 1. The van der Waals surface area contributed by atoms with Crippen molar-refractivity contribution in [2.45, 2.75) is 25.4 Å². The molecular weight excluding hydrogens is 416 g/mol. The molecule has 7 nitrogen and oxygen atoms in total. The zero-order valence-electron chi connectivity index (χ0n) is 13.6. The number of allylic oxidation sites excluding steroid dienone is 2. The van der Waals surface area contributed by atoms with Gasteiger partial charge in [0.05, 0.1) is 0 Å². The van der Waals surface area contributed by atoms with Gasteiger partial charge in [-0.05, 0) is 37.5 Å². The van der Waals surface area contributed by atoms with E-state index in [2.05, 4.69) is 38.1 Å². The summed E-state index contributed by atoms with van der Waals surface area (Å²) < 4.78 is 5.38. The van der Waals surface area contributed by atoms with E-state index >= 15 is 0 Å². The largest absolute Gasteiger partial charge is 0.483 e. The molecule has 1 atom stereocenters. The summed E-state index contributed by atoms with van der Waals surface area (Å²) >= 11 is 9.03. The number of hydrogen-bond donors (Lipinski definition) is 3. The van der Waals surface area contributed by atoms with Gasteiger partial charge in [0.15, 0.2) is 0 Å². The second-order valence-electron chi connectivity index (χ2n) is 4.67. The van der Waals surface area contributed by atoms with Crippen LogP contribution in [0, 0.1) is 0 Å². The normalized spacial score (nSPS) is 12.8. The van der Waals surface area contributed by atoms with Crippen LogP contribution in [0.5, 0.6) is 0 Å². The van der Waals surface area contributed by atoms with Crippen LogP contribution >= 0.6 is 27.5 Å². The lowest BCUT2D eigenvalue weighted by Gasteiger charge is -2.12. The minimum Gasteiger partial charge on any atom is -0.483 e. The minimum atomic E-state index is -1.33. The maximum absolute atomic E-state index is 11.6. The van der Waals surface area contributed by atoms with E-state index in [0.29, 0.717) is 15.2 Å². The molecule has 0 spiro atoms. The van der Waals surface area contributed by atoms with Gasteiger partial charge in [-0.15, -0.1) is 0 Å². The standard InChI is InChI=1S/C10H10BrClN2O3.C5H8.CH2O2/c1-17-8(9(13)15)10(16)14-7-3-5(11)2-6(12)4-7;1-2-4-5-3-1;2-1-3/h2-4,8H,1H3,(H2,13,15)(H,14,16);1-2H,3-5H2;1H,(H,2,3). The molecule has 1 aromatic carbocycles. The quantitative estimate of drug-likeness (QED) is 0.382. The van der Waals surface area contributed by atoms with Crippen LogP contribution in [-0.2, 0) is 19.1 Å². The Bertz CT molecular complexity index is 584. The monoisotopic (exact) mass is 434 g/mol. The highest BCUT2D eigenvalue weighted by atomic mass is 79.9. The Balaban J connectivity index is 0.000000592. The Labute approximate surface area is 159 Å². The van der Waals surface area contributed by atoms with Crippen molar-refractivity contribution in [2.75, 3.05) is 12.4 Å². The number of carbonyl (C=O) groups excluding carboxylic acids is 2. The van der Waals surface area contributed by atoms with Crippen molar-refractivity contribution < 1.29 is 24.2 Å². The molecule has 0 bridgehead atoms. The molecular formula is C16H20BrClN2O5. The maximum atomic E-state index is 11.6. The number of primary amides is 1. The molecule has 0 aliphatic heterocycles. The molecule has 1 unspecified atom stereocenters. The SMILES string of the molecule is C1=CCCC1.COC(C(N)=O)C(=O)Nc1cc(Cl)cc(Br)c1.O=CO. The molecule has 1 aliphatic rings. The highest BCUT2D eigenvalue weighted by Crippen LogP contribution is 2.23. The van der Waals surface area contributed by atoms with E-state index in [1.807, 2.05) is 0 Å². The van der Waals surface area contributed by atoms with Crippen molar-refractivity contribution in [2.24, 2.45) is 5.73 Å². The van der Waals surface area contributed by atoms with Crippen molar-refractivity contribution in [1.82, 2.24) is 0 Å². The van der Waals surface area contributed by atoms with Crippen molar-refractivity contribution in [3.05, 3.63) is 39.8 Å². The smallest absolute Gasteiger partial charge is 0.290 e. The first-order chi connectivity index (χ1) is 11.8. The van der Waals surface area contributed by atoms with Gasteiger partial charge in [0, 0.05) is 22.3 Å². The molecule has 0 saturated heterocycles. The number of carboxylic acid groups (broad SMARTS) is 1. The van der Waals surface area contributed by atoms with Gasteiger partial charge in [-0.3, -0.25) is 14.4 Å². The molecule has 0 saturated carbocycles. The summed E-state index contributed by atoms with van der Waals surface area (Å²) in [4.78, 5) is 30.9. The zero-order chi connectivity index (χ0) is 19.2. The van der Waals surface area contributed by atoms with Crippen LogP contribution in [0.1, 0.15) is 19.3 Å². The predicted octanol–water partition coefficient (Wildman–Crippen LogP) is 2.97. The summed E-state index contributed by atoms with van der Waals surface area (Å²) in [5, 5.41) is 9.81. The first-order valence-electron chi connectivity index (χ1n) is 7.17. The Hall–Kier alpha value is -1.90. The van der Waals surface area contributed by atoms with E-state index in [0.717, 1.165) is 0 Å². The number of nitrogens with two attached hydrogens (primary N) is 1. The van der Waals surface area contributed by atoms with E-state index in [4.69, 9.17) is 27.2 Å². The van der Waals surface area contributed by atoms with Crippen LogP contribution < -0.4 is 11.1 Å². The lowest BCUT2D eigenvalue weighted by Crippen LogP contribution is -2.40. The first kappa shape index (κ1) is 23.1. The highest BCUT2D eigenvalue weighted by molar-refractivity contribution is 9.10. The van der Waals surface area contributed by atoms with E-state index in [9.17, 15) is 9.59 Å². The fourth-order valence-corrected chi connectivity index (χ4v) is 2.64. The number of ether oxygens (including phenoxy) is 1. The molecule has 0 radical (unpaired) electrons. The summed E-state index contributed by atoms with van der Waals surface area (Å²) in [7, 11) is 1.23. The molecule has 0 aromatic heterocycles. The molecule has 1 aliphatic carbocycles. The molecule has 0 heterocycles. The number of amides is 2. The van der Waals surface area contributed by atoms with Gasteiger partial charge in [-0.1, -0.05) is 39.7 Å². The lowest BCUT2D eigenvalue weighted by atomic mass is 10.2. The summed E-state index contributed by atoms with van der Waals surface area (Å²) in [6.07, 6.45) is 7.17. The minimum absolute atomic E-state index is 0.250. The van der Waals surface area contributed by atoms with Crippen LogP contribution in [0.3, 0.4) is 0 Å². The number of rotatable bonds is 4. The van der Waals surface area contributed by atoms with Gasteiger partial charge >= 0.3 is 0 Å². The van der Waals surface area contributed by atoms with Gasteiger partial charge in [-0.2, -0.15) is 0 Å². The molecule has 138 valence electrons. The van der Waals surface area contributed by atoms with Gasteiger partial charge in [0.25, 0.3) is 18.3 Å². The molecule has 4 N–H and O–H groups in total. The van der Waals surface area contributed by atoms with Crippen LogP contribution in [0.4, 0.5) is 5.69 Å². The van der Waals surface area contributed by atoms with Crippen LogP contribution in [0.25, 0.3) is 0 Å². The van der Waals surface area contributed by atoms with Crippen LogP contribution in [0.15, 0.2) is 34.8 Å². The fraction of sp³-hybridized carbons (Fsp3) is 0.312. The molecule has 2 amide bonds. The lowest BCUT2D eigenvalue weighted by molar-refractivity contribution is -0.138. The third kappa shape index (κ3) is 10.5. The number of nitrogens with one attached hydrogen (secondary N) is 1. The predicted molar refractivity (Wildman–Crippen MR) is 99.5 cm³/mol. The number of hydrogen-bond acceptors (Lipinski definition) is 4. The van der Waals surface area contributed by atoms with E-state index in [1.165, 1.54) is 32.4 Å². The highest BCUT2D eigenvalue weighted by Gasteiger charge is 2.23. The molecule has 2 rings (SSSR count).